The number of rotatable bonds is 2. The molecule has 1 aromatic carbocycles. The molecule has 0 radical (unpaired) electrons. The van der Waals surface area contributed by atoms with Gasteiger partial charge in [-0.05, 0) is 18.2 Å². The van der Waals surface area contributed by atoms with Crippen molar-refractivity contribution in [2.45, 2.75) is 18.6 Å². The van der Waals surface area contributed by atoms with E-state index in [2.05, 4.69) is 10.6 Å². The summed E-state index contributed by atoms with van der Waals surface area (Å²) in [7, 11) is 0. The van der Waals surface area contributed by atoms with Crippen LogP contribution in [-0.2, 0) is 15.8 Å². The highest BCUT2D eigenvalue weighted by Crippen LogP contribution is 2.35. The third kappa shape index (κ3) is 2.78. The van der Waals surface area contributed by atoms with Gasteiger partial charge in [0.25, 0.3) is 0 Å². The van der Waals surface area contributed by atoms with Gasteiger partial charge in [-0.1, -0.05) is 0 Å². The molecule has 0 aliphatic carbocycles. The molecule has 1 amide bonds. The second kappa shape index (κ2) is 4.45. The first-order chi connectivity index (χ1) is 8.77. The minimum atomic E-state index is -4.50. The topological polar surface area (TPSA) is 78.4 Å². The lowest BCUT2D eigenvalue weighted by molar-refractivity contribution is -0.138. The molecule has 1 atom stereocenters. The van der Waals surface area contributed by atoms with Crippen LogP contribution < -0.4 is 10.6 Å². The first kappa shape index (κ1) is 13.2. The minimum absolute atomic E-state index is 0.0125. The van der Waals surface area contributed by atoms with Gasteiger partial charge in [-0.25, -0.2) is 0 Å². The smallest absolute Gasteiger partial charge is 0.416 e. The molecule has 1 aliphatic rings. The molecule has 2 rings (SSSR count). The Morgan fingerprint density at radius 3 is 2.58 bits per heavy atom. The van der Waals surface area contributed by atoms with Crippen LogP contribution in [0, 0.1) is 0 Å². The van der Waals surface area contributed by atoms with Gasteiger partial charge in [-0.3, -0.25) is 9.59 Å². The van der Waals surface area contributed by atoms with Gasteiger partial charge in [0.05, 0.1) is 23.4 Å². The molecule has 0 saturated heterocycles. The quantitative estimate of drug-likeness (QED) is 0.769. The molecule has 0 bridgehead atoms. The van der Waals surface area contributed by atoms with Crippen LogP contribution in [0.1, 0.15) is 12.0 Å². The maximum absolute atomic E-state index is 12.5. The van der Waals surface area contributed by atoms with Crippen molar-refractivity contribution in [1.29, 1.82) is 0 Å². The van der Waals surface area contributed by atoms with Crippen molar-refractivity contribution in [2.24, 2.45) is 0 Å². The highest BCUT2D eigenvalue weighted by atomic mass is 19.4. The van der Waals surface area contributed by atoms with Crippen LogP contribution in [0.15, 0.2) is 18.2 Å². The van der Waals surface area contributed by atoms with Gasteiger partial charge in [0.2, 0.25) is 5.91 Å². The van der Waals surface area contributed by atoms with Gasteiger partial charge in [0.1, 0.15) is 6.04 Å². The molecule has 0 spiro atoms. The van der Waals surface area contributed by atoms with Crippen LogP contribution in [0.3, 0.4) is 0 Å². The normalized spacial score (nSPS) is 18.3. The number of alkyl halides is 3. The Kier molecular flexibility index (Phi) is 3.09. The van der Waals surface area contributed by atoms with Crippen LogP contribution in [0.25, 0.3) is 0 Å². The van der Waals surface area contributed by atoms with Gasteiger partial charge < -0.3 is 15.7 Å². The van der Waals surface area contributed by atoms with Gasteiger partial charge in [0, 0.05) is 0 Å². The number of aliphatic carboxylic acids is 1. The zero-order valence-electron chi connectivity index (χ0n) is 9.41. The number of halogens is 3. The predicted molar refractivity (Wildman–Crippen MR) is 59.7 cm³/mol. The summed E-state index contributed by atoms with van der Waals surface area (Å²) in [5, 5.41) is 13.5. The number of hydrogen-bond acceptors (Lipinski definition) is 3. The average Bonchev–Trinajstić information content (AvgIpc) is 2.27. The summed E-state index contributed by atoms with van der Waals surface area (Å²) < 4.78 is 37.5. The zero-order valence-corrected chi connectivity index (χ0v) is 9.41. The summed E-state index contributed by atoms with van der Waals surface area (Å²) in [6.45, 7) is 0. The highest BCUT2D eigenvalue weighted by Gasteiger charge is 2.33. The van der Waals surface area contributed by atoms with E-state index < -0.39 is 36.1 Å². The van der Waals surface area contributed by atoms with E-state index in [-0.39, 0.29) is 11.4 Å². The molecule has 1 heterocycles. The van der Waals surface area contributed by atoms with Gasteiger partial charge in [0.15, 0.2) is 0 Å². The fraction of sp³-hybridized carbons (Fsp3) is 0.273. The first-order valence-electron chi connectivity index (χ1n) is 5.28. The standard InChI is InChI=1S/C11H9F3N2O3/c12-11(13,14)5-1-2-6-7(3-5)16-10(19)8(15-6)4-9(17)18/h1-3,8,15H,4H2,(H,16,19)(H,17,18). The van der Waals surface area contributed by atoms with Crippen LogP contribution in [-0.4, -0.2) is 23.0 Å². The number of carboxylic acids is 1. The number of carboxylic acid groups (broad SMARTS) is 1. The summed E-state index contributed by atoms with van der Waals surface area (Å²) in [5.74, 6) is -1.85. The Morgan fingerprint density at radius 1 is 1.32 bits per heavy atom. The van der Waals surface area contributed by atoms with Crippen LogP contribution in [0.5, 0.6) is 0 Å². The molecule has 0 aromatic heterocycles. The second-order valence-electron chi connectivity index (χ2n) is 4.04. The van der Waals surface area contributed by atoms with E-state index in [0.717, 1.165) is 18.2 Å². The van der Waals surface area contributed by atoms with Crippen LogP contribution >= 0.6 is 0 Å². The molecule has 8 heteroatoms. The van der Waals surface area contributed by atoms with Crippen LogP contribution in [0.4, 0.5) is 24.5 Å². The second-order valence-corrected chi connectivity index (χ2v) is 4.04. The molecule has 5 nitrogen and oxygen atoms in total. The SMILES string of the molecule is O=C(O)CC1Nc2ccc(C(F)(F)F)cc2NC1=O. The molecule has 19 heavy (non-hydrogen) atoms. The fourth-order valence-electron chi connectivity index (χ4n) is 1.74. The first-order valence-corrected chi connectivity index (χ1v) is 5.28. The zero-order chi connectivity index (χ0) is 14.2. The number of carbonyl (C=O) groups is 2. The lowest BCUT2D eigenvalue weighted by atomic mass is 10.1. The molecular weight excluding hydrogens is 265 g/mol. The Balaban J connectivity index is 2.28. The summed E-state index contributed by atoms with van der Waals surface area (Å²) in [4.78, 5) is 22.1. The van der Waals surface area contributed by atoms with Crippen molar-refractivity contribution in [3.63, 3.8) is 0 Å². The van der Waals surface area contributed by atoms with E-state index in [1.54, 1.807) is 0 Å². The maximum atomic E-state index is 12.5. The molecule has 1 aliphatic heterocycles. The number of hydrogen-bond donors (Lipinski definition) is 3. The maximum Gasteiger partial charge on any atom is 0.416 e. The number of benzene rings is 1. The molecular formula is C11H9F3N2O3. The molecule has 0 saturated carbocycles. The number of anilines is 2. The fourth-order valence-corrected chi connectivity index (χ4v) is 1.74. The van der Waals surface area contributed by atoms with Crippen molar-refractivity contribution in [3.05, 3.63) is 23.8 Å². The molecule has 1 unspecified atom stereocenters. The van der Waals surface area contributed by atoms with E-state index in [1.807, 2.05) is 0 Å². The van der Waals surface area contributed by atoms with Crippen LogP contribution in [0.2, 0.25) is 0 Å². The van der Waals surface area contributed by atoms with Gasteiger partial charge >= 0.3 is 12.1 Å². The molecule has 3 N–H and O–H groups in total. The summed E-state index contributed by atoms with van der Waals surface area (Å²) in [6, 6.07) is 1.83. The van der Waals surface area contributed by atoms with Crippen molar-refractivity contribution < 1.29 is 27.9 Å². The highest BCUT2D eigenvalue weighted by molar-refractivity contribution is 6.04. The predicted octanol–water partition coefficient (Wildman–Crippen LogP) is 1.91. The van der Waals surface area contributed by atoms with Gasteiger partial charge in [-0.15, -0.1) is 0 Å². The number of fused-ring (bicyclic) bond motifs is 1. The average molecular weight is 274 g/mol. The Hall–Kier alpha value is -2.25. The largest absolute Gasteiger partial charge is 0.481 e. The molecule has 102 valence electrons. The van der Waals surface area contributed by atoms with E-state index >= 15 is 0 Å². The van der Waals surface area contributed by atoms with E-state index in [9.17, 15) is 22.8 Å². The summed E-state index contributed by atoms with van der Waals surface area (Å²) in [6.07, 6.45) is -4.95. The lowest BCUT2D eigenvalue weighted by Crippen LogP contribution is -2.40. The lowest BCUT2D eigenvalue weighted by Gasteiger charge is -2.26. The third-order valence-electron chi connectivity index (χ3n) is 2.63. The third-order valence-corrected chi connectivity index (χ3v) is 2.63. The van der Waals surface area contributed by atoms with Crippen molar-refractivity contribution in [1.82, 2.24) is 0 Å². The van der Waals surface area contributed by atoms with E-state index in [4.69, 9.17) is 5.11 Å². The molecule has 1 aromatic rings. The van der Waals surface area contributed by atoms with E-state index in [0.29, 0.717) is 0 Å². The van der Waals surface area contributed by atoms with Crippen molar-refractivity contribution in [3.8, 4) is 0 Å². The van der Waals surface area contributed by atoms with Crippen molar-refractivity contribution in [2.75, 3.05) is 10.6 Å². The summed E-state index contributed by atoms with van der Waals surface area (Å²) in [5.41, 5.74) is -0.634. The number of amides is 1. The minimum Gasteiger partial charge on any atom is -0.481 e. The Morgan fingerprint density at radius 2 is 2.00 bits per heavy atom. The molecule has 0 fully saturated rings. The Labute approximate surface area is 105 Å². The van der Waals surface area contributed by atoms with Crippen molar-refractivity contribution >= 4 is 23.3 Å². The Bertz CT molecular complexity index is 542. The monoisotopic (exact) mass is 274 g/mol. The van der Waals surface area contributed by atoms with E-state index in [1.165, 1.54) is 0 Å². The number of nitrogens with one attached hydrogen (secondary N) is 2. The van der Waals surface area contributed by atoms with Gasteiger partial charge in [-0.2, -0.15) is 13.2 Å². The summed E-state index contributed by atoms with van der Waals surface area (Å²) >= 11 is 0. The number of carbonyl (C=O) groups excluding carboxylic acids is 1.